The Hall–Kier alpha value is -0.730. The summed E-state index contributed by atoms with van der Waals surface area (Å²) in [6.07, 6.45) is 2.28. The predicted molar refractivity (Wildman–Crippen MR) is 51.0 cm³/mol. The molecule has 0 fully saturated rings. The summed E-state index contributed by atoms with van der Waals surface area (Å²) in [5.74, 6) is 0. The van der Waals surface area contributed by atoms with Crippen LogP contribution in [-0.4, -0.2) is 0 Å². The van der Waals surface area contributed by atoms with Gasteiger partial charge in [-0.1, -0.05) is 25.5 Å². The number of hydrogen-bond acceptors (Lipinski definition) is 2. The molecule has 0 aromatic heterocycles. The Labute approximate surface area is 77.6 Å². The zero-order valence-electron chi connectivity index (χ0n) is 7.01. The number of aryl methyl sites for hydroxylation is 1. The van der Waals surface area contributed by atoms with Crippen LogP contribution >= 0.6 is 11.9 Å². The fourth-order valence-corrected chi connectivity index (χ4v) is 1.16. The molecule has 0 atom stereocenters. The second-order valence-corrected chi connectivity index (χ2v) is 2.78. The second-order valence-electron chi connectivity index (χ2n) is 2.63. The highest BCUT2D eigenvalue weighted by molar-refractivity contribution is 6.07. The van der Waals surface area contributed by atoms with Gasteiger partial charge in [0.2, 0.25) is 0 Å². The van der Waals surface area contributed by atoms with Crippen LogP contribution in [-0.2, 0) is 10.8 Å². The minimum Gasteiger partial charge on any atom is -0.248 e. The van der Waals surface area contributed by atoms with Crippen molar-refractivity contribution in [1.82, 2.24) is 0 Å². The van der Waals surface area contributed by atoms with E-state index in [1.54, 1.807) is 0 Å². The van der Waals surface area contributed by atoms with E-state index in [-0.39, 0.29) is 0 Å². The van der Waals surface area contributed by atoms with E-state index in [2.05, 4.69) is 28.9 Å². The van der Waals surface area contributed by atoms with Gasteiger partial charge in [0.1, 0.15) is 0 Å². The monoisotopic (exact) mass is 185 g/mol. The molecule has 0 unspecified atom stereocenters. The lowest BCUT2D eigenvalue weighted by atomic mass is 10.1. The highest BCUT2D eigenvalue weighted by atomic mass is 35.5. The first kappa shape index (κ1) is 9.36. The van der Waals surface area contributed by atoms with Crippen LogP contribution in [0.4, 0.5) is 5.69 Å². The average Bonchev–Trinajstić information content (AvgIpc) is 2.09. The molecule has 1 aromatic rings. The van der Waals surface area contributed by atoms with E-state index >= 15 is 0 Å². The maximum atomic E-state index is 5.03. The Morgan fingerprint density at radius 2 is 2.00 bits per heavy atom. The summed E-state index contributed by atoms with van der Waals surface area (Å²) < 4.78 is 4.25. The standard InChI is InChI=1S/C9H12ClNO/c1-2-3-8-4-6-9(7-5-8)11-12-10/h4-7,11H,2-3H2,1H3. The van der Waals surface area contributed by atoms with Gasteiger partial charge in [0.25, 0.3) is 0 Å². The van der Waals surface area contributed by atoms with Crippen LogP contribution in [0.25, 0.3) is 0 Å². The number of anilines is 1. The first-order valence-electron chi connectivity index (χ1n) is 3.99. The Morgan fingerprint density at radius 3 is 2.50 bits per heavy atom. The van der Waals surface area contributed by atoms with Gasteiger partial charge < -0.3 is 0 Å². The van der Waals surface area contributed by atoms with Crippen LogP contribution in [0.2, 0.25) is 0 Å². The number of hydrogen-bond donors (Lipinski definition) is 1. The fraction of sp³-hybridized carbons (Fsp3) is 0.333. The van der Waals surface area contributed by atoms with Gasteiger partial charge in [-0.2, -0.15) is 4.39 Å². The van der Waals surface area contributed by atoms with Crippen LogP contribution in [0.1, 0.15) is 18.9 Å². The molecule has 3 heteroatoms. The molecule has 0 spiro atoms. The Balaban J connectivity index is 2.58. The van der Waals surface area contributed by atoms with Crippen molar-refractivity contribution < 1.29 is 4.39 Å². The number of rotatable bonds is 4. The van der Waals surface area contributed by atoms with Crippen molar-refractivity contribution in [3.8, 4) is 0 Å². The summed E-state index contributed by atoms with van der Waals surface area (Å²) in [4.78, 5) is 0. The molecule has 0 aliphatic heterocycles. The number of benzene rings is 1. The van der Waals surface area contributed by atoms with Crippen molar-refractivity contribution >= 4 is 17.6 Å². The SMILES string of the molecule is CCCc1ccc(NOCl)cc1. The van der Waals surface area contributed by atoms with E-state index in [1.807, 2.05) is 12.1 Å². The quantitative estimate of drug-likeness (QED) is 0.728. The van der Waals surface area contributed by atoms with E-state index in [4.69, 9.17) is 11.9 Å². The molecule has 0 aliphatic rings. The third kappa shape index (κ3) is 2.72. The fourth-order valence-electron chi connectivity index (χ4n) is 1.07. The molecule has 0 saturated carbocycles. The van der Waals surface area contributed by atoms with Crippen LogP contribution in [0.5, 0.6) is 0 Å². The van der Waals surface area contributed by atoms with Crippen molar-refractivity contribution in [1.29, 1.82) is 0 Å². The Bertz CT molecular complexity index is 197. The maximum absolute atomic E-state index is 5.03. The molecule has 66 valence electrons. The maximum Gasteiger partial charge on any atom is 0.0911 e. The zero-order valence-corrected chi connectivity index (χ0v) is 7.77. The first-order valence-corrected chi connectivity index (χ1v) is 4.30. The van der Waals surface area contributed by atoms with E-state index in [9.17, 15) is 0 Å². The lowest BCUT2D eigenvalue weighted by Crippen LogP contribution is -1.91. The molecular formula is C9H12ClNO. The van der Waals surface area contributed by atoms with Gasteiger partial charge in [0.05, 0.1) is 17.6 Å². The number of halogens is 1. The summed E-state index contributed by atoms with van der Waals surface area (Å²) in [5, 5.41) is 0. The van der Waals surface area contributed by atoms with Crippen molar-refractivity contribution in [3.05, 3.63) is 29.8 Å². The minimum absolute atomic E-state index is 0.866. The summed E-state index contributed by atoms with van der Waals surface area (Å²) in [7, 11) is 0. The van der Waals surface area contributed by atoms with E-state index in [0.717, 1.165) is 12.1 Å². The van der Waals surface area contributed by atoms with Crippen LogP contribution in [0, 0.1) is 0 Å². The molecule has 0 amide bonds. The van der Waals surface area contributed by atoms with Gasteiger partial charge in [-0.25, -0.2) is 5.48 Å². The lowest BCUT2D eigenvalue weighted by molar-refractivity contribution is 0.451. The highest BCUT2D eigenvalue weighted by Crippen LogP contribution is 2.10. The minimum atomic E-state index is 0.866. The molecule has 2 nitrogen and oxygen atoms in total. The molecule has 0 radical (unpaired) electrons. The molecule has 0 saturated heterocycles. The molecule has 0 heterocycles. The van der Waals surface area contributed by atoms with Gasteiger partial charge >= 0.3 is 0 Å². The molecule has 1 rings (SSSR count). The second kappa shape index (κ2) is 5.01. The van der Waals surface area contributed by atoms with Crippen LogP contribution < -0.4 is 5.48 Å². The number of nitrogens with one attached hydrogen (secondary N) is 1. The van der Waals surface area contributed by atoms with Gasteiger partial charge in [-0.05, 0) is 24.1 Å². The molecule has 0 bridgehead atoms. The zero-order chi connectivity index (χ0) is 8.81. The van der Waals surface area contributed by atoms with Crippen molar-refractivity contribution in [2.45, 2.75) is 19.8 Å². The largest absolute Gasteiger partial charge is 0.248 e. The summed E-state index contributed by atoms with van der Waals surface area (Å²) in [5.41, 5.74) is 4.74. The van der Waals surface area contributed by atoms with E-state index < -0.39 is 0 Å². The van der Waals surface area contributed by atoms with Gasteiger partial charge in [0.15, 0.2) is 0 Å². The van der Waals surface area contributed by atoms with Crippen molar-refractivity contribution in [2.24, 2.45) is 0 Å². The summed E-state index contributed by atoms with van der Waals surface area (Å²) in [6, 6.07) is 7.99. The Kier molecular flexibility index (Phi) is 3.91. The van der Waals surface area contributed by atoms with E-state index in [0.29, 0.717) is 0 Å². The van der Waals surface area contributed by atoms with Crippen LogP contribution in [0.3, 0.4) is 0 Å². The van der Waals surface area contributed by atoms with Gasteiger partial charge in [-0.15, -0.1) is 0 Å². The van der Waals surface area contributed by atoms with Gasteiger partial charge in [-0.3, -0.25) is 0 Å². The summed E-state index contributed by atoms with van der Waals surface area (Å²) in [6.45, 7) is 2.16. The predicted octanol–water partition coefficient (Wildman–Crippen LogP) is 3.14. The molecular weight excluding hydrogens is 174 g/mol. The lowest BCUT2D eigenvalue weighted by Gasteiger charge is -2.01. The molecule has 0 aliphatic carbocycles. The molecule has 12 heavy (non-hydrogen) atoms. The van der Waals surface area contributed by atoms with Crippen molar-refractivity contribution in [3.63, 3.8) is 0 Å². The molecule has 1 aromatic carbocycles. The average molecular weight is 186 g/mol. The normalized spacial score (nSPS) is 9.83. The van der Waals surface area contributed by atoms with Crippen molar-refractivity contribution in [2.75, 3.05) is 5.48 Å². The first-order chi connectivity index (χ1) is 5.86. The Morgan fingerprint density at radius 1 is 1.33 bits per heavy atom. The van der Waals surface area contributed by atoms with E-state index in [1.165, 1.54) is 12.0 Å². The third-order valence-corrected chi connectivity index (χ3v) is 1.73. The highest BCUT2D eigenvalue weighted by Gasteiger charge is 1.92. The summed E-state index contributed by atoms with van der Waals surface area (Å²) >= 11 is 5.03. The third-order valence-electron chi connectivity index (χ3n) is 1.65. The topological polar surface area (TPSA) is 21.3 Å². The van der Waals surface area contributed by atoms with Crippen LogP contribution in [0.15, 0.2) is 24.3 Å². The smallest absolute Gasteiger partial charge is 0.0911 e. The molecule has 1 N–H and O–H groups in total. The van der Waals surface area contributed by atoms with Gasteiger partial charge in [0, 0.05) is 0 Å².